The van der Waals surface area contributed by atoms with Crippen molar-refractivity contribution in [2.75, 3.05) is 27.8 Å². The maximum absolute atomic E-state index is 6.80. The van der Waals surface area contributed by atoms with Crippen LogP contribution in [0.25, 0.3) is 0 Å². The van der Waals surface area contributed by atoms with Crippen molar-refractivity contribution < 1.29 is 9.47 Å². The van der Waals surface area contributed by atoms with Crippen molar-refractivity contribution in [3.8, 4) is 23.0 Å². The number of anilines is 5. The minimum Gasteiger partial charge on any atom is -0.453 e. The van der Waals surface area contributed by atoms with Gasteiger partial charge in [0.05, 0.1) is 11.4 Å². The van der Waals surface area contributed by atoms with Gasteiger partial charge in [0.2, 0.25) is 0 Å². The van der Waals surface area contributed by atoms with Gasteiger partial charge in [0, 0.05) is 30.0 Å². The number of benzene rings is 5. The monoisotopic (exact) mass is 662 g/mol. The van der Waals surface area contributed by atoms with E-state index in [-0.39, 0.29) is 0 Å². The second-order valence-electron chi connectivity index (χ2n) is 15.1. The molecule has 5 nitrogen and oxygen atoms in total. The minimum absolute atomic E-state index is 0.367. The van der Waals surface area contributed by atoms with Crippen molar-refractivity contribution in [3.05, 3.63) is 131 Å². The first kappa shape index (κ1) is 32.3. The Balaban J connectivity index is 1.39. The second-order valence-corrected chi connectivity index (χ2v) is 15.1. The van der Waals surface area contributed by atoms with Crippen LogP contribution in [0.15, 0.2) is 97.1 Å². The Morgan fingerprint density at radius 2 is 0.820 bits per heavy atom. The minimum atomic E-state index is 0.367. The van der Waals surface area contributed by atoms with Crippen LogP contribution in [0.5, 0.6) is 23.0 Å². The number of para-hydroxylation sites is 6. The largest absolute Gasteiger partial charge is 0.453 e. The Morgan fingerprint density at radius 3 is 1.20 bits per heavy atom. The third-order valence-electron chi connectivity index (χ3n) is 10.5. The lowest BCUT2D eigenvalue weighted by atomic mass is 9.90. The van der Waals surface area contributed by atoms with E-state index in [1.54, 1.807) is 0 Å². The van der Waals surface area contributed by atoms with E-state index in [1.807, 2.05) is 12.1 Å². The molecule has 0 aliphatic carbocycles. The predicted molar refractivity (Wildman–Crippen MR) is 208 cm³/mol. The highest BCUT2D eigenvalue weighted by Gasteiger charge is 2.42. The zero-order chi connectivity index (χ0) is 34.8. The smallest absolute Gasteiger partial charge is 0.188 e. The van der Waals surface area contributed by atoms with Crippen molar-refractivity contribution in [1.29, 1.82) is 0 Å². The molecule has 50 heavy (non-hydrogen) atoms. The van der Waals surface area contributed by atoms with E-state index < -0.39 is 0 Å². The van der Waals surface area contributed by atoms with Crippen LogP contribution in [0.3, 0.4) is 0 Å². The van der Waals surface area contributed by atoms with Gasteiger partial charge in [-0.05, 0) is 82.3 Å². The molecule has 3 aliphatic heterocycles. The van der Waals surface area contributed by atoms with Crippen molar-refractivity contribution in [3.63, 3.8) is 0 Å². The fraction of sp³-hybridized carbons (Fsp3) is 0.311. The highest BCUT2D eigenvalue weighted by atomic mass is 16.5. The van der Waals surface area contributed by atoms with E-state index in [4.69, 9.17) is 9.47 Å². The maximum atomic E-state index is 6.80. The van der Waals surface area contributed by atoms with E-state index in [0.717, 1.165) is 58.7 Å². The summed E-state index contributed by atoms with van der Waals surface area (Å²) in [6.45, 7) is 20.3. The SMILES string of the molecule is CC(C)c1cccc(C(C)C)c1N1CCN(c2c(C(C)C)cccc2C(C)C)[C]1c1cc2c3c(c1)Oc1ccccc1N3c1ccccc1O2. The van der Waals surface area contributed by atoms with Crippen LogP contribution >= 0.6 is 0 Å². The zero-order valence-corrected chi connectivity index (χ0v) is 30.6. The molecule has 0 atom stereocenters. The normalized spacial score (nSPS) is 15.1. The second kappa shape index (κ2) is 12.5. The summed E-state index contributed by atoms with van der Waals surface area (Å²) in [5, 5.41) is 0. The predicted octanol–water partition coefficient (Wildman–Crippen LogP) is 12.7. The van der Waals surface area contributed by atoms with Crippen LogP contribution in [0.2, 0.25) is 0 Å². The summed E-state index contributed by atoms with van der Waals surface area (Å²) in [5.41, 5.74) is 12.2. The molecule has 0 spiro atoms. The molecule has 5 heteroatoms. The van der Waals surface area contributed by atoms with Crippen LogP contribution < -0.4 is 24.2 Å². The van der Waals surface area contributed by atoms with E-state index >= 15 is 0 Å². The average Bonchev–Trinajstić information content (AvgIpc) is 3.55. The summed E-state index contributed by atoms with van der Waals surface area (Å²) < 4.78 is 13.6. The van der Waals surface area contributed by atoms with Crippen LogP contribution in [0, 0.1) is 6.17 Å². The van der Waals surface area contributed by atoms with Crippen molar-refractivity contribution in [2.45, 2.75) is 79.1 Å². The maximum Gasteiger partial charge on any atom is 0.188 e. The number of ether oxygens (including phenoxy) is 2. The molecule has 255 valence electrons. The Labute approximate surface area is 298 Å². The molecule has 0 saturated carbocycles. The molecule has 1 saturated heterocycles. The summed E-state index contributed by atoms with van der Waals surface area (Å²) >= 11 is 0. The molecule has 8 rings (SSSR count). The lowest BCUT2D eigenvalue weighted by Crippen LogP contribution is -2.34. The molecule has 1 fully saturated rings. The number of rotatable bonds is 7. The fourth-order valence-corrected chi connectivity index (χ4v) is 8.10. The topological polar surface area (TPSA) is 28.2 Å². The quantitative estimate of drug-likeness (QED) is 0.169. The summed E-state index contributed by atoms with van der Waals surface area (Å²) in [6, 6.07) is 34.9. The van der Waals surface area contributed by atoms with Gasteiger partial charge in [-0.2, -0.15) is 0 Å². The molecule has 5 aromatic carbocycles. The van der Waals surface area contributed by atoms with Gasteiger partial charge in [0.1, 0.15) is 5.69 Å². The van der Waals surface area contributed by atoms with Gasteiger partial charge < -0.3 is 19.3 Å². The highest BCUT2D eigenvalue weighted by molar-refractivity contribution is 5.94. The van der Waals surface area contributed by atoms with Gasteiger partial charge in [-0.15, -0.1) is 0 Å². The number of hydrogen-bond acceptors (Lipinski definition) is 5. The highest BCUT2D eigenvalue weighted by Crippen LogP contribution is 2.61. The van der Waals surface area contributed by atoms with Crippen molar-refractivity contribution in [1.82, 2.24) is 0 Å². The van der Waals surface area contributed by atoms with Crippen LogP contribution in [-0.4, -0.2) is 13.1 Å². The lowest BCUT2D eigenvalue weighted by Gasteiger charge is -2.40. The van der Waals surface area contributed by atoms with Gasteiger partial charge in [-0.3, -0.25) is 4.90 Å². The fourth-order valence-electron chi connectivity index (χ4n) is 8.10. The molecule has 0 bridgehead atoms. The standard InChI is InChI=1S/C45H48N3O2/c1-27(2)32-15-13-16-33(28(3)4)42(32)46-23-24-47(43-34(29(5)6)17-14-18-35(43)30(7)8)45(46)31-25-40-44-41(26-31)50-39-22-12-10-20-37(39)48(44)36-19-9-11-21-38(36)49-40/h9-22,25-30H,23-24H2,1-8H3. The molecule has 1 radical (unpaired) electrons. The van der Waals surface area contributed by atoms with E-state index in [1.165, 1.54) is 39.8 Å². The van der Waals surface area contributed by atoms with Crippen LogP contribution in [0.1, 0.15) is 107 Å². The molecule has 5 aromatic rings. The molecule has 3 aliphatic rings. The van der Waals surface area contributed by atoms with Crippen molar-refractivity contribution in [2.24, 2.45) is 0 Å². The van der Waals surface area contributed by atoms with Gasteiger partial charge in [0.25, 0.3) is 0 Å². The molecule has 0 amide bonds. The molecule has 0 unspecified atom stereocenters. The first-order valence-electron chi connectivity index (χ1n) is 18.3. The van der Waals surface area contributed by atoms with E-state index in [2.05, 4.69) is 155 Å². The summed E-state index contributed by atoms with van der Waals surface area (Å²) in [7, 11) is 0. The Hall–Kier alpha value is -4.90. The third-order valence-corrected chi connectivity index (χ3v) is 10.5. The Morgan fingerprint density at radius 1 is 0.440 bits per heavy atom. The first-order chi connectivity index (χ1) is 24.1. The number of hydrogen-bond donors (Lipinski definition) is 0. The van der Waals surface area contributed by atoms with Crippen LogP contribution in [-0.2, 0) is 0 Å². The first-order valence-corrected chi connectivity index (χ1v) is 18.3. The average molecular weight is 663 g/mol. The molecule has 0 aromatic heterocycles. The summed E-state index contributed by atoms with van der Waals surface area (Å²) in [5.74, 6) is 4.74. The van der Waals surface area contributed by atoms with Gasteiger partial charge in [-0.1, -0.05) is 116 Å². The molecular weight excluding hydrogens is 615 g/mol. The number of nitrogens with zero attached hydrogens (tertiary/aromatic N) is 3. The van der Waals surface area contributed by atoms with Gasteiger partial charge >= 0.3 is 0 Å². The van der Waals surface area contributed by atoms with Crippen LogP contribution in [0.4, 0.5) is 28.4 Å². The third kappa shape index (κ3) is 5.12. The van der Waals surface area contributed by atoms with Crippen molar-refractivity contribution >= 4 is 28.4 Å². The van der Waals surface area contributed by atoms with Gasteiger partial charge in [0.15, 0.2) is 29.2 Å². The van der Waals surface area contributed by atoms with E-state index in [9.17, 15) is 0 Å². The van der Waals surface area contributed by atoms with E-state index in [0.29, 0.717) is 23.7 Å². The molecular formula is C45H48N3O2. The van der Waals surface area contributed by atoms with Gasteiger partial charge in [-0.25, -0.2) is 0 Å². The molecule has 0 N–H and O–H groups in total. The summed E-state index contributed by atoms with van der Waals surface area (Å²) in [4.78, 5) is 7.51. The lowest BCUT2D eigenvalue weighted by molar-refractivity contribution is 0.445. The number of fused-ring (bicyclic) bond motifs is 4. The molecule has 3 heterocycles. The summed E-state index contributed by atoms with van der Waals surface area (Å²) in [6.07, 6.45) is 1.17. The Kier molecular flexibility index (Phi) is 8.05. The zero-order valence-electron chi connectivity index (χ0n) is 30.6. The Bertz CT molecular complexity index is 1880.